The summed E-state index contributed by atoms with van der Waals surface area (Å²) in [6.45, 7) is 8.09. The first-order valence-electron chi connectivity index (χ1n) is 11.1. The van der Waals surface area contributed by atoms with E-state index >= 15 is 0 Å². The first-order valence-corrected chi connectivity index (χ1v) is 11.1. The van der Waals surface area contributed by atoms with Gasteiger partial charge in [-0.3, -0.25) is 0 Å². The number of esters is 2. The van der Waals surface area contributed by atoms with Gasteiger partial charge in [0.1, 0.15) is 12.2 Å². The number of hydrogen-bond donors (Lipinski definition) is 2. The Kier molecular flexibility index (Phi) is 23.0. The Bertz CT molecular complexity index is 321. The van der Waals surface area contributed by atoms with Crippen molar-refractivity contribution >= 4 is 11.9 Å². The molecule has 0 rings (SSSR count). The molecule has 0 saturated heterocycles. The highest BCUT2D eigenvalue weighted by atomic mass is 16.5. The number of hydrogen-bond acceptors (Lipinski definition) is 6. The fourth-order valence-electron chi connectivity index (χ4n) is 2.35. The Hall–Kier alpha value is -1.14. The Balaban J connectivity index is 0. The summed E-state index contributed by atoms with van der Waals surface area (Å²) in [5.41, 5.74) is 0. The largest absolute Gasteiger partial charge is 0.464 e. The van der Waals surface area contributed by atoms with Gasteiger partial charge in [-0.05, 0) is 26.7 Å². The number of unbranched alkanes of at least 4 members (excludes halogenated alkanes) is 10. The molecule has 0 bridgehead atoms. The molecule has 0 aliphatic heterocycles. The lowest BCUT2D eigenvalue weighted by Crippen LogP contribution is -2.19. The third kappa shape index (κ3) is 22.9. The van der Waals surface area contributed by atoms with Crippen LogP contribution in [0.3, 0.4) is 0 Å². The third-order valence-electron chi connectivity index (χ3n) is 4.17. The third-order valence-corrected chi connectivity index (χ3v) is 4.17. The summed E-state index contributed by atoms with van der Waals surface area (Å²) in [5, 5.41) is 17.6. The van der Waals surface area contributed by atoms with Crippen LogP contribution in [0.25, 0.3) is 0 Å². The monoisotopic (exact) mass is 404 g/mol. The van der Waals surface area contributed by atoms with Gasteiger partial charge in [0.2, 0.25) is 0 Å². The average molecular weight is 405 g/mol. The number of aliphatic hydroxyl groups is 2. The van der Waals surface area contributed by atoms with Gasteiger partial charge in [-0.25, -0.2) is 9.59 Å². The van der Waals surface area contributed by atoms with Crippen molar-refractivity contribution in [2.24, 2.45) is 0 Å². The number of carbonyl (C=O) groups is 2. The minimum atomic E-state index is -0.991. The van der Waals surface area contributed by atoms with Gasteiger partial charge >= 0.3 is 11.9 Å². The maximum Gasteiger partial charge on any atom is 0.334 e. The van der Waals surface area contributed by atoms with Crippen LogP contribution in [0.15, 0.2) is 0 Å². The minimum absolute atomic E-state index is 0.440. The van der Waals surface area contributed by atoms with Gasteiger partial charge in [-0.15, -0.1) is 0 Å². The van der Waals surface area contributed by atoms with Gasteiger partial charge in [0.05, 0.1) is 13.2 Å². The lowest BCUT2D eigenvalue weighted by molar-refractivity contribution is -0.153. The molecular formula is C22H44O6. The van der Waals surface area contributed by atoms with Crippen molar-refractivity contribution in [3.8, 4) is 0 Å². The quantitative estimate of drug-likeness (QED) is 0.290. The fourth-order valence-corrected chi connectivity index (χ4v) is 2.35. The van der Waals surface area contributed by atoms with E-state index < -0.39 is 24.1 Å². The maximum absolute atomic E-state index is 10.8. The highest BCUT2D eigenvalue weighted by Crippen LogP contribution is 2.06. The van der Waals surface area contributed by atoms with E-state index in [-0.39, 0.29) is 0 Å². The average Bonchev–Trinajstić information content (AvgIpc) is 2.66. The van der Waals surface area contributed by atoms with Gasteiger partial charge in [0.15, 0.2) is 0 Å². The zero-order chi connectivity index (χ0) is 21.6. The van der Waals surface area contributed by atoms with E-state index in [0.29, 0.717) is 13.2 Å². The van der Waals surface area contributed by atoms with E-state index in [1.54, 1.807) is 0 Å². The topological polar surface area (TPSA) is 93.1 Å². The van der Waals surface area contributed by atoms with Crippen LogP contribution in [0.1, 0.15) is 105 Å². The molecule has 2 N–H and O–H groups in total. The van der Waals surface area contributed by atoms with Gasteiger partial charge in [0, 0.05) is 0 Å². The zero-order valence-electron chi connectivity index (χ0n) is 18.6. The molecule has 0 spiro atoms. The van der Waals surface area contributed by atoms with Crippen molar-refractivity contribution in [1.29, 1.82) is 0 Å². The van der Waals surface area contributed by atoms with Crippen LogP contribution in [-0.2, 0) is 19.1 Å². The van der Waals surface area contributed by atoms with Gasteiger partial charge in [-0.1, -0.05) is 78.1 Å². The normalized spacial score (nSPS) is 12.5. The highest BCUT2D eigenvalue weighted by Gasteiger charge is 2.09. The van der Waals surface area contributed by atoms with Crippen LogP contribution in [0.4, 0.5) is 0 Å². The van der Waals surface area contributed by atoms with Crippen molar-refractivity contribution in [3.63, 3.8) is 0 Å². The van der Waals surface area contributed by atoms with Crippen LogP contribution in [-0.4, -0.2) is 47.6 Å². The molecule has 0 radical (unpaired) electrons. The Morgan fingerprint density at radius 2 is 0.893 bits per heavy atom. The van der Waals surface area contributed by atoms with Gasteiger partial charge in [-0.2, -0.15) is 0 Å². The first-order chi connectivity index (χ1) is 13.4. The SMILES string of the molecule is CCCCCCCCOC(=O)C(C)O.CCCCCCCCOC(=O)C(C)O. The highest BCUT2D eigenvalue weighted by molar-refractivity contribution is 5.74. The van der Waals surface area contributed by atoms with Crippen LogP contribution in [0, 0.1) is 0 Å². The zero-order valence-corrected chi connectivity index (χ0v) is 18.6. The molecule has 0 aromatic carbocycles. The number of aliphatic hydroxyl groups excluding tert-OH is 2. The Morgan fingerprint density at radius 1 is 0.607 bits per heavy atom. The molecule has 0 aromatic rings. The van der Waals surface area contributed by atoms with Crippen molar-refractivity contribution in [2.45, 2.75) is 117 Å². The molecule has 0 fully saturated rings. The van der Waals surface area contributed by atoms with E-state index in [2.05, 4.69) is 13.8 Å². The summed E-state index contributed by atoms with van der Waals surface area (Å²) in [4.78, 5) is 21.6. The second kappa shape index (κ2) is 22.2. The van der Waals surface area contributed by atoms with E-state index in [1.165, 1.54) is 65.2 Å². The molecule has 0 heterocycles. The predicted molar refractivity (Wildman–Crippen MR) is 112 cm³/mol. The van der Waals surface area contributed by atoms with Crippen molar-refractivity contribution in [1.82, 2.24) is 0 Å². The van der Waals surface area contributed by atoms with E-state index in [1.807, 2.05) is 0 Å². The van der Waals surface area contributed by atoms with Crippen molar-refractivity contribution in [3.05, 3.63) is 0 Å². The maximum atomic E-state index is 10.8. The fraction of sp³-hybridized carbons (Fsp3) is 0.909. The second-order valence-electron chi connectivity index (χ2n) is 7.22. The van der Waals surface area contributed by atoms with Crippen LogP contribution in [0.5, 0.6) is 0 Å². The van der Waals surface area contributed by atoms with Gasteiger partial charge in [0.25, 0.3) is 0 Å². The van der Waals surface area contributed by atoms with Crippen LogP contribution in [0.2, 0.25) is 0 Å². The summed E-state index contributed by atoms with van der Waals surface area (Å²) in [6.07, 6.45) is 12.0. The molecule has 2 unspecified atom stereocenters. The summed E-state index contributed by atoms with van der Waals surface area (Å²) in [6, 6.07) is 0. The van der Waals surface area contributed by atoms with Crippen LogP contribution >= 0.6 is 0 Å². The summed E-state index contributed by atoms with van der Waals surface area (Å²) in [7, 11) is 0. The molecule has 168 valence electrons. The number of rotatable bonds is 16. The lowest BCUT2D eigenvalue weighted by atomic mass is 10.1. The molecule has 0 aliphatic carbocycles. The van der Waals surface area contributed by atoms with Crippen LogP contribution < -0.4 is 0 Å². The lowest BCUT2D eigenvalue weighted by Gasteiger charge is -2.05. The van der Waals surface area contributed by atoms with E-state index in [4.69, 9.17) is 19.7 Å². The predicted octanol–water partition coefficient (Wildman–Crippen LogP) is 4.54. The molecular weight excluding hydrogens is 360 g/mol. The summed E-state index contributed by atoms with van der Waals surface area (Å²) < 4.78 is 9.64. The van der Waals surface area contributed by atoms with E-state index in [9.17, 15) is 9.59 Å². The molecule has 0 aliphatic rings. The molecule has 6 nitrogen and oxygen atoms in total. The standard InChI is InChI=1S/2C11H22O3/c2*1-3-4-5-6-7-8-9-14-11(13)10(2)12/h2*10,12H,3-9H2,1-2H3. The van der Waals surface area contributed by atoms with E-state index in [0.717, 1.165) is 25.7 Å². The molecule has 0 saturated carbocycles. The van der Waals surface area contributed by atoms with Crippen molar-refractivity contribution < 1.29 is 29.3 Å². The Morgan fingerprint density at radius 3 is 1.18 bits per heavy atom. The number of ether oxygens (including phenoxy) is 2. The van der Waals surface area contributed by atoms with Crippen molar-refractivity contribution in [2.75, 3.05) is 13.2 Å². The Labute approximate surface area is 172 Å². The second-order valence-corrected chi connectivity index (χ2v) is 7.22. The smallest absolute Gasteiger partial charge is 0.334 e. The summed E-state index contributed by atoms with van der Waals surface area (Å²) in [5.74, 6) is -1.03. The molecule has 2 atom stereocenters. The first kappa shape index (κ1) is 29.1. The molecule has 0 aromatic heterocycles. The minimum Gasteiger partial charge on any atom is -0.464 e. The summed E-state index contributed by atoms with van der Waals surface area (Å²) >= 11 is 0. The number of carbonyl (C=O) groups excluding carboxylic acids is 2. The molecule has 0 amide bonds. The molecule has 28 heavy (non-hydrogen) atoms. The molecule has 6 heteroatoms. The van der Waals surface area contributed by atoms with Gasteiger partial charge < -0.3 is 19.7 Å².